The number of carboxylic acids is 1. The summed E-state index contributed by atoms with van der Waals surface area (Å²) in [5.74, 6) is -1.02. The fourth-order valence-electron chi connectivity index (χ4n) is 1.03. The predicted molar refractivity (Wildman–Crippen MR) is 51.0 cm³/mol. The number of nitrogens with one attached hydrogen (secondary N) is 1. The van der Waals surface area contributed by atoms with Gasteiger partial charge in [-0.1, -0.05) is 6.08 Å². The van der Waals surface area contributed by atoms with Crippen LogP contribution < -0.4 is 5.32 Å². The highest BCUT2D eigenvalue weighted by Gasteiger charge is 2.26. The van der Waals surface area contributed by atoms with Crippen molar-refractivity contribution >= 4 is 12.0 Å². The van der Waals surface area contributed by atoms with Crippen molar-refractivity contribution in [3.63, 3.8) is 0 Å². The Morgan fingerprint density at radius 3 is 2.64 bits per heavy atom. The molecule has 1 saturated carbocycles. The third-order valence-electron chi connectivity index (χ3n) is 1.87. The van der Waals surface area contributed by atoms with Gasteiger partial charge in [-0.25, -0.2) is 4.79 Å². The summed E-state index contributed by atoms with van der Waals surface area (Å²) in [4.78, 5) is 23.1. The monoisotopic (exact) mass is 198 g/mol. The average Bonchev–Trinajstić information content (AvgIpc) is 2.86. The number of aliphatic carboxylic acids is 1. The van der Waals surface area contributed by atoms with Crippen molar-refractivity contribution in [1.82, 2.24) is 10.2 Å². The van der Waals surface area contributed by atoms with Crippen molar-refractivity contribution < 1.29 is 14.7 Å². The fraction of sp³-hybridized carbons (Fsp3) is 0.556. The zero-order valence-corrected chi connectivity index (χ0v) is 7.90. The minimum atomic E-state index is -1.02. The van der Waals surface area contributed by atoms with Gasteiger partial charge in [0.1, 0.15) is 6.54 Å². The maximum Gasteiger partial charge on any atom is 0.323 e. The van der Waals surface area contributed by atoms with E-state index in [0.29, 0.717) is 0 Å². The Bertz CT molecular complexity index is 248. The van der Waals surface area contributed by atoms with Crippen molar-refractivity contribution in [1.29, 1.82) is 0 Å². The highest BCUT2D eigenvalue weighted by atomic mass is 16.4. The number of hydrogen-bond acceptors (Lipinski definition) is 2. The van der Waals surface area contributed by atoms with E-state index in [9.17, 15) is 9.59 Å². The quantitative estimate of drug-likeness (QED) is 0.629. The molecule has 5 nitrogen and oxygen atoms in total. The molecule has 0 atom stereocenters. The van der Waals surface area contributed by atoms with Crippen LogP contribution in [-0.4, -0.2) is 41.1 Å². The van der Waals surface area contributed by atoms with Gasteiger partial charge in [-0.05, 0) is 12.8 Å². The van der Waals surface area contributed by atoms with E-state index < -0.39 is 5.97 Å². The Kier molecular flexibility index (Phi) is 3.50. The molecule has 1 fully saturated rings. The number of hydrogen-bond donors (Lipinski definition) is 2. The van der Waals surface area contributed by atoms with Gasteiger partial charge in [0.05, 0.1) is 0 Å². The van der Waals surface area contributed by atoms with Crippen molar-refractivity contribution in [3.05, 3.63) is 12.7 Å². The maximum absolute atomic E-state index is 11.4. The molecule has 0 radical (unpaired) electrons. The van der Waals surface area contributed by atoms with Gasteiger partial charge in [0.25, 0.3) is 0 Å². The molecule has 1 aliphatic carbocycles. The third-order valence-corrected chi connectivity index (χ3v) is 1.87. The molecular formula is C9H14N2O3. The summed E-state index contributed by atoms with van der Waals surface area (Å²) in [6, 6.07) is -0.0848. The molecule has 5 heteroatoms. The topological polar surface area (TPSA) is 69.6 Å². The van der Waals surface area contributed by atoms with E-state index in [1.54, 1.807) is 0 Å². The van der Waals surface area contributed by atoms with E-state index in [1.165, 1.54) is 11.0 Å². The Labute approximate surface area is 82.4 Å². The van der Waals surface area contributed by atoms with Gasteiger partial charge in [-0.2, -0.15) is 0 Å². The number of carboxylic acid groups (broad SMARTS) is 1. The van der Waals surface area contributed by atoms with Gasteiger partial charge < -0.3 is 15.3 Å². The van der Waals surface area contributed by atoms with Gasteiger partial charge in [-0.3, -0.25) is 4.79 Å². The standard InChI is InChI=1S/C9H14N2O3/c1-2-5-11(6-8(12)13)9(14)10-7-3-4-7/h2,7H,1,3-6H2,(H,10,14)(H,12,13). The van der Waals surface area contributed by atoms with Gasteiger partial charge in [-0.15, -0.1) is 6.58 Å². The van der Waals surface area contributed by atoms with E-state index in [4.69, 9.17) is 5.11 Å². The van der Waals surface area contributed by atoms with Crippen LogP contribution >= 0.6 is 0 Å². The second-order valence-electron chi connectivity index (χ2n) is 3.29. The summed E-state index contributed by atoms with van der Waals surface area (Å²) < 4.78 is 0. The number of nitrogens with zero attached hydrogens (tertiary/aromatic N) is 1. The molecule has 0 aromatic carbocycles. The van der Waals surface area contributed by atoms with Gasteiger partial charge in [0.15, 0.2) is 0 Å². The number of carbonyl (C=O) groups excluding carboxylic acids is 1. The normalized spacial score (nSPS) is 14.6. The average molecular weight is 198 g/mol. The van der Waals surface area contributed by atoms with E-state index in [2.05, 4.69) is 11.9 Å². The van der Waals surface area contributed by atoms with Crippen molar-refractivity contribution in [2.24, 2.45) is 0 Å². The van der Waals surface area contributed by atoms with Crippen LogP contribution in [0.4, 0.5) is 4.79 Å². The van der Waals surface area contributed by atoms with Crippen LogP contribution in [0.5, 0.6) is 0 Å². The molecule has 0 bridgehead atoms. The molecule has 2 amide bonds. The van der Waals surface area contributed by atoms with Crippen LogP contribution in [0.15, 0.2) is 12.7 Å². The molecule has 0 saturated heterocycles. The second kappa shape index (κ2) is 4.64. The van der Waals surface area contributed by atoms with E-state index >= 15 is 0 Å². The number of urea groups is 1. The third kappa shape index (κ3) is 3.47. The second-order valence-corrected chi connectivity index (χ2v) is 3.29. The highest BCUT2D eigenvalue weighted by Crippen LogP contribution is 2.18. The lowest BCUT2D eigenvalue weighted by molar-refractivity contribution is -0.137. The zero-order chi connectivity index (χ0) is 10.6. The molecule has 0 aromatic rings. The van der Waals surface area contributed by atoms with Gasteiger partial charge in [0.2, 0.25) is 0 Å². The van der Waals surface area contributed by atoms with Crippen molar-refractivity contribution in [3.8, 4) is 0 Å². The van der Waals surface area contributed by atoms with Crippen LogP contribution in [0.2, 0.25) is 0 Å². The predicted octanol–water partition coefficient (Wildman–Crippen LogP) is 0.431. The smallest absolute Gasteiger partial charge is 0.323 e. The molecular weight excluding hydrogens is 184 g/mol. The summed E-state index contributed by atoms with van der Waals surface area (Å²) in [5, 5.41) is 11.3. The Morgan fingerprint density at radius 1 is 1.57 bits per heavy atom. The largest absolute Gasteiger partial charge is 0.480 e. The summed E-state index contributed by atoms with van der Waals surface area (Å²) in [6.07, 6.45) is 3.48. The first-order chi connectivity index (χ1) is 6.63. The maximum atomic E-state index is 11.4. The SMILES string of the molecule is C=CCN(CC(=O)O)C(=O)NC1CC1. The minimum Gasteiger partial charge on any atom is -0.480 e. The first-order valence-electron chi connectivity index (χ1n) is 4.51. The first-order valence-corrected chi connectivity index (χ1v) is 4.51. The van der Waals surface area contributed by atoms with Crippen LogP contribution in [0.3, 0.4) is 0 Å². The molecule has 0 aliphatic heterocycles. The lowest BCUT2D eigenvalue weighted by Gasteiger charge is -2.19. The van der Waals surface area contributed by atoms with Crippen molar-refractivity contribution in [2.45, 2.75) is 18.9 Å². The van der Waals surface area contributed by atoms with Gasteiger partial charge >= 0.3 is 12.0 Å². The molecule has 1 rings (SSSR count). The van der Waals surface area contributed by atoms with Gasteiger partial charge in [0, 0.05) is 12.6 Å². The van der Waals surface area contributed by atoms with Crippen LogP contribution in [0, 0.1) is 0 Å². The Hall–Kier alpha value is -1.52. The molecule has 0 unspecified atom stereocenters. The molecule has 2 N–H and O–H groups in total. The lowest BCUT2D eigenvalue weighted by Crippen LogP contribution is -2.43. The van der Waals surface area contributed by atoms with E-state index in [-0.39, 0.29) is 25.2 Å². The van der Waals surface area contributed by atoms with E-state index in [0.717, 1.165) is 12.8 Å². The highest BCUT2D eigenvalue weighted by molar-refractivity contribution is 5.80. The fourth-order valence-corrected chi connectivity index (χ4v) is 1.03. The van der Waals surface area contributed by atoms with Crippen LogP contribution in [-0.2, 0) is 4.79 Å². The van der Waals surface area contributed by atoms with Crippen LogP contribution in [0.25, 0.3) is 0 Å². The number of rotatable bonds is 5. The minimum absolute atomic E-state index is 0.239. The zero-order valence-electron chi connectivity index (χ0n) is 7.90. The molecule has 78 valence electrons. The van der Waals surface area contributed by atoms with E-state index in [1.807, 2.05) is 0 Å². The number of amides is 2. The molecule has 0 aromatic heterocycles. The summed E-state index contributed by atoms with van der Waals surface area (Å²) in [7, 11) is 0. The first kappa shape index (κ1) is 10.6. The Balaban J connectivity index is 2.41. The molecule has 0 spiro atoms. The Morgan fingerprint density at radius 2 is 2.21 bits per heavy atom. The summed E-state index contributed by atoms with van der Waals surface area (Å²) in [5.41, 5.74) is 0. The molecule has 14 heavy (non-hydrogen) atoms. The summed E-state index contributed by atoms with van der Waals surface area (Å²) >= 11 is 0. The molecule has 1 aliphatic rings. The lowest BCUT2D eigenvalue weighted by atomic mass is 10.4. The van der Waals surface area contributed by atoms with Crippen LogP contribution in [0.1, 0.15) is 12.8 Å². The summed E-state index contributed by atoms with van der Waals surface area (Å²) in [6.45, 7) is 3.44. The molecule has 0 heterocycles. The van der Waals surface area contributed by atoms with Crippen molar-refractivity contribution in [2.75, 3.05) is 13.1 Å². The number of carbonyl (C=O) groups is 2.